The maximum absolute atomic E-state index is 12.4. The first kappa shape index (κ1) is 21.0. The van der Waals surface area contributed by atoms with Crippen molar-refractivity contribution in [3.8, 4) is 33.1 Å². The Kier molecular flexibility index (Phi) is 4.88. The zero-order valence-corrected chi connectivity index (χ0v) is 20.0. The highest BCUT2D eigenvalue weighted by atomic mass is 32.1. The molecule has 6 aromatic rings. The minimum absolute atomic E-state index is 0.0649. The van der Waals surface area contributed by atoms with Gasteiger partial charge in [0.25, 0.3) is 0 Å². The largest absolute Gasteiger partial charge is 0.338 e. The van der Waals surface area contributed by atoms with E-state index in [4.69, 9.17) is 4.98 Å². The Morgan fingerprint density at radius 1 is 1.11 bits per heavy atom. The zero-order chi connectivity index (χ0) is 24.1. The number of aromatic nitrogens is 6. The summed E-state index contributed by atoms with van der Waals surface area (Å²) in [6.45, 7) is 0. The number of pyridine rings is 3. The number of fused-ring (bicyclic) bond motifs is 2. The number of thiophene rings is 1. The van der Waals surface area contributed by atoms with E-state index >= 15 is 0 Å². The van der Waals surface area contributed by atoms with Gasteiger partial charge in [-0.1, -0.05) is 12.5 Å². The van der Waals surface area contributed by atoms with Crippen molar-refractivity contribution in [1.82, 2.24) is 30.1 Å². The molecule has 0 spiro atoms. The number of carbonyl (C=O) groups excluding carboxylic acids is 1. The first-order valence-electron chi connectivity index (χ1n) is 11.9. The molecule has 0 bridgehead atoms. The SMILES string of the molecule is O=C(Nc1cncc(-c2ccc3[nH]nc(-c4cc5c(-c6cccs6)ccnc5[nH]4)c3n2)c1)C1CCC1. The molecule has 3 N–H and O–H groups in total. The van der Waals surface area contributed by atoms with Gasteiger partial charge >= 0.3 is 0 Å². The highest BCUT2D eigenvalue weighted by Gasteiger charge is 2.25. The van der Waals surface area contributed by atoms with Gasteiger partial charge in [0, 0.05) is 39.7 Å². The fourth-order valence-electron chi connectivity index (χ4n) is 4.61. The molecule has 9 heteroatoms. The molecule has 1 aliphatic carbocycles. The van der Waals surface area contributed by atoms with E-state index in [0.717, 1.165) is 69.5 Å². The lowest BCUT2D eigenvalue weighted by Gasteiger charge is -2.24. The van der Waals surface area contributed by atoms with Gasteiger partial charge in [0.2, 0.25) is 5.91 Å². The van der Waals surface area contributed by atoms with Crippen molar-refractivity contribution < 1.29 is 4.79 Å². The summed E-state index contributed by atoms with van der Waals surface area (Å²) < 4.78 is 0. The van der Waals surface area contributed by atoms with Gasteiger partial charge in [0.15, 0.2) is 0 Å². The molecule has 176 valence electrons. The van der Waals surface area contributed by atoms with Crippen LogP contribution in [0.15, 0.2) is 66.4 Å². The van der Waals surface area contributed by atoms with Crippen molar-refractivity contribution in [3.05, 3.63) is 66.4 Å². The summed E-state index contributed by atoms with van der Waals surface area (Å²) in [7, 11) is 0. The summed E-state index contributed by atoms with van der Waals surface area (Å²) in [5, 5.41) is 13.8. The van der Waals surface area contributed by atoms with Crippen LogP contribution in [0.25, 0.3) is 55.2 Å². The van der Waals surface area contributed by atoms with Gasteiger partial charge < -0.3 is 10.3 Å². The van der Waals surface area contributed by atoms with Crippen LogP contribution in [-0.4, -0.2) is 36.0 Å². The van der Waals surface area contributed by atoms with Gasteiger partial charge in [-0.25, -0.2) is 9.97 Å². The summed E-state index contributed by atoms with van der Waals surface area (Å²) in [5.41, 5.74) is 7.37. The van der Waals surface area contributed by atoms with Crippen molar-refractivity contribution in [2.24, 2.45) is 5.92 Å². The minimum Gasteiger partial charge on any atom is -0.338 e. The third kappa shape index (κ3) is 3.56. The van der Waals surface area contributed by atoms with Crippen LogP contribution in [0.2, 0.25) is 0 Å². The molecule has 6 aromatic heterocycles. The minimum atomic E-state index is 0.0649. The first-order chi connectivity index (χ1) is 17.7. The molecule has 0 atom stereocenters. The van der Waals surface area contributed by atoms with E-state index in [1.165, 1.54) is 4.88 Å². The number of rotatable bonds is 5. The Balaban J connectivity index is 1.26. The highest BCUT2D eigenvalue weighted by molar-refractivity contribution is 7.13. The molecule has 0 saturated heterocycles. The number of H-pyrrole nitrogens is 2. The number of nitrogens with one attached hydrogen (secondary N) is 3. The fourth-order valence-corrected chi connectivity index (χ4v) is 5.38. The van der Waals surface area contributed by atoms with Crippen LogP contribution in [0.5, 0.6) is 0 Å². The molecule has 6 heterocycles. The zero-order valence-electron chi connectivity index (χ0n) is 19.2. The smallest absolute Gasteiger partial charge is 0.227 e. The number of carbonyl (C=O) groups is 1. The number of amides is 1. The lowest BCUT2D eigenvalue weighted by Crippen LogP contribution is -2.28. The predicted molar refractivity (Wildman–Crippen MR) is 141 cm³/mol. The standard InChI is InChI=1S/C27H21N7OS/c35-27(15-3-1-4-15)30-17-11-16(13-28-14-17)20-6-7-21-24(31-20)25(34-33-21)22-12-19-18(23-5-2-10-36-23)8-9-29-26(19)32-22/h2,5-15H,1,3-4H2,(H,29,32)(H,30,35)(H,33,34). The molecule has 1 aliphatic rings. The van der Waals surface area contributed by atoms with Crippen LogP contribution >= 0.6 is 11.3 Å². The summed E-state index contributed by atoms with van der Waals surface area (Å²) in [6.07, 6.45) is 8.28. The van der Waals surface area contributed by atoms with E-state index < -0.39 is 0 Å². The second kappa shape index (κ2) is 8.39. The van der Waals surface area contributed by atoms with Crippen LogP contribution in [0.4, 0.5) is 5.69 Å². The van der Waals surface area contributed by atoms with Crippen molar-refractivity contribution >= 4 is 45.0 Å². The Morgan fingerprint density at radius 2 is 2.06 bits per heavy atom. The molecule has 0 radical (unpaired) electrons. The van der Waals surface area contributed by atoms with Crippen LogP contribution in [-0.2, 0) is 4.79 Å². The topological polar surface area (TPSA) is 112 Å². The summed E-state index contributed by atoms with van der Waals surface area (Å²) >= 11 is 1.70. The van der Waals surface area contributed by atoms with Crippen molar-refractivity contribution in [1.29, 1.82) is 0 Å². The van der Waals surface area contributed by atoms with Crippen molar-refractivity contribution in [2.75, 3.05) is 5.32 Å². The molecule has 1 fully saturated rings. The number of hydrogen-bond acceptors (Lipinski definition) is 6. The number of nitrogens with zero attached hydrogens (tertiary/aromatic N) is 4. The van der Waals surface area contributed by atoms with Gasteiger partial charge in [0.1, 0.15) is 16.9 Å². The van der Waals surface area contributed by atoms with Gasteiger partial charge in [-0.15, -0.1) is 11.3 Å². The van der Waals surface area contributed by atoms with Gasteiger partial charge in [-0.2, -0.15) is 5.10 Å². The number of hydrogen-bond donors (Lipinski definition) is 3. The maximum Gasteiger partial charge on any atom is 0.227 e. The van der Waals surface area contributed by atoms with E-state index in [1.807, 2.05) is 30.5 Å². The van der Waals surface area contributed by atoms with Crippen LogP contribution in [0.3, 0.4) is 0 Å². The molecular formula is C27H21N7OS. The normalized spacial score (nSPS) is 13.8. The second-order valence-electron chi connectivity index (χ2n) is 9.03. The number of aromatic amines is 2. The molecule has 36 heavy (non-hydrogen) atoms. The highest BCUT2D eigenvalue weighted by Crippen LogP contribution is 2.35. The van der Waals surface area contributed by atoms with E-state index in [2.05, 4.69) is 54.0 Å². The average Bonchev–Trinajstić information content (AvgIpc) is 3.61. The first-order valence-corrected chi connectivity index (χ1v) is 12.7. The molecular weight excluding hydrogens is 470 g/mol. The van der Waals surface area contributed by atoms with Crippen LogP contribution < -0.4 is 5.32 Å². The predicted octanol–water partition coefficient (Wildman–Crippen LogP) is 6.03. The third-order valence-electron chi connectivity index (χ3n) is 6.76. The van der Waals surface area contributed by atoms with E-state index in [0.29, 0.717) is 5.69 Å². The summed E-state index contributed by atoms with van der Waals surface area (Å²) in [6, 6.07) is 14.1. The monoisotopic (exact) mass is 491 g/mol. The molecule has 8 nitrogen and oxygen atoms in total. The lowest BCUT2D eigenvalue weighted by molar-refractivity contribution is -0.122. The summed E-state index contributed by atoms with van der Waals surface area (Å²) in [5.74, 6) is 0.179. The Morgan fingerprint density at radius 3 is 2.89 bits per heavy atom. The van der Waals surface area contributed by atoms with Crippen LogP contribution in [0, 0.1) is 5.92 Å². The maximum atomic E-state index is 12.4. The fraction of sp³-hybridized carbons (Fsp3) is 0.148. The van der Waals surface area contributed by atoms with E-state index in [-0.39, 0.29) is 11.8 Å². The molecule has 0 unspecified atom stereocenters. The quantitative estimate of drug-likeness (QED) is 0.273. The Bertz CT molecular complexity index is 1730. The summed E-state index contributed by atoms with van der Waals surface area (Å²) in [4.78, 5) is 30.8. The van der Waals surface area contributed by atoms with Gasteiger partial charge in [0.05, 0.1) is 28.8 Å². The second-order valence-corrected chi connectivity index (χ2v) is 9.97. The molecule has 1 saturated carbocycles. The Hall–Kier alpha value is -4.37. The Labute approximate surface area is 209 Å². The number of anilines is 1. The van der Waals surface area contributed by atoms with E-state index in [1.54, 1.807) is 23.7 Å². The van der Waals surface area contributed by atoms with Crippen LogP contribution in [0.1, 0.15) is 19.3 Å². The van der Waals surface area contributed by atoms with Gasteiger partial charge in [-0.3, -0.25) is 14.9 Å². The van der Waals surface area contributed by atoms with Crippen molar-refractivity contribution in [3.63, 3.8) is 0 Å². The van der Waals surface area contributed by atoms with Crippen molar-refractivity contribution in [2.45, 2.75) is 19.3 Å². The third-order valence-corrected chi connectivity index (χ3v) is 7.66. The molecule has 1 amide bonds. The average molecular weight is 492 g/mol. The molecule has 7 rings (SSSR count). The lowest BCUT2D eigenvalue weighted by atomic mass is 9.85. The van der Waals surface area contributed by atoms with Gasteiger partial charge in [-0.05, 0) is 54.6 Å². The van der Waals surface area contributed by atoms with E-state index in [9.17, 15) is 4.79 Å². The molecule has 0 aliphatic heterocycles. The molecule has 0 aromatic carbocycles.